The molecule has 3 rings (SSSR count). The van der Waals surface area contributed by atoms with Gasteiger partial charge in [0, 0.05) is 18.2 Å². The van der Waals surface area contributed by atoms with Gasteiger partial charge in [-0.25, -0.2) is 0 Å². The minimum Gasteiger partial charge on any atom is -0.350 e. The van der Waals surface area contributed by atoms with Gasteiger partial charge in [0.25, 0.3) is 11.8 Å². The van der Waals surface area contributed by atoms with Crippen molar-refractivity contribution in [2.45, 2.75) is 18.9 Å². The number of carbonyl (C=O) groups excluding carboxylic acids is 2. The molecule has 0 bridgehead atoms. The molecular formula is C19H21N3O2. The molecule has 0 aliphatic heterocycles. The highest BCUT2D eigenvalue weighted by molar-refractivity contribution is 6.08. The Morgan fingerprint density at radius 2 is 1.67 bits per heavy atom. The van der Waals surface area contributed by atoms with Gasteiger partial charge in [0.1, 0.15) is 0 Å². The summed E-state index contributed by atoms with van der Waals surface area (Å²) < 4.78 is 0. The Labute approximate surface area is 141 Å². The van der Waals surface area contributed by atoms with Gasteiger partial charge in [-0.2, -0.15) is 0 Å². The number of rotatable bonds is 6. The maximum absolute atomic E-state index is 12.4. The second kappa shape index (κ2) is 7.27. The first-order valence-corrected chi connectivity index (χ1v) is 8.14. The van der Waals surface area contributed by atoms with Crippen LogP contribution in [0.4, 0.5) is 5.69 Å². The van der Waals surface area contributed by atoms with E-state index >= 15 is 0 Å². The number of carbonyl (C=O) groups is 2. The van der Waals surface area contributed by atoms with Gasteiger partial charge in [-0.1, -0.05) is 30.3 Å². The average molecular weight is 323 g/mol. The van der Waals surface area contributed by atoms with Crippen molar-refractivity contribution in [3.63, 3.8) is 0 Å². The highest BCUT2D eigenvalue weighted by Gasteiger charge is 2.28. The maximum Gasteiger partial charge on any atom is 0.255 e. The van der Waals surface area contributed by atoms with E-state index in [0.717, 1.165) is 12.8 Å². The van der Waals surface area contributed by atoms with Crippen molar-refractivity contribution >= 4 is 17.5 Å². The summed E-state index contributed by atoms with van der Waals surface area (Å²) in [4.78, 5) is 24.7. The van der Waals surface area contributed by atoms with Gasteiger partial charge >= 0.3 is 0 Å². The van der Waals surface area contributed by atoms with Crippen molar-refractivity contribution in [3.05, 3.63) is 65.7 Å². The lowest BCUT2D eigenvalue weighted by Crippen LogP contribution is -2.38. The van der Waals surface area contributed by atoms with Crippen LogP contribution in [0.25, 0.3) is 0 Å². The summed E-state index contributed by atoms with van der Waals surface area (Å²) in [6.45, 7) is 0.449. The summed E-state index contributed by atoms with van der Waals surface area (Å²) in [7, 11) is 0. The van der Waals surface area contributed by atoms with Crippen molar-refractivity contribution in [2.75, 3.05) is 11.9 Å². The molecule has 0 heterocycles. The van der Waals surface area contributed by atoms with Gasteiger partial charge in [0.2, 0.25) is 0 Å². The largest absolute Gasteiger partial charge is 0.350 e. The molecule has 0 radical (unpaired) electrons. The molecule has 1 unspecified atom stereocenters. The maximum atomic E-state index is 12.4. The van der Waals surface area contributed by atoms with Gasteiger partial charge in [0.15, 0.2) is 0 Å². The average Bonchev–Trinajstić information content (AvgIpc) is 3.46. The van der Waals surface area contributed by atoms with E-state index in [1.165, 1.54) is 0 Å². The standard InChI is InChI=1S/C19H21N3O2/c20-16(13-10-11-13)12-21-19(24)15-8-4-5-9-17(15)22-18(23)14-6-2-1-3-7-14/h1-9,13,16H,10-12,20H2,(H,21,24)(H,22,23). The lowest BCUT2D eigenvalue weighted by atomic mass is 10.1. The second-order valence-corrected chi connectivity index (χ2v) is 6.08. The minimum absolute atomic E-state index is 0.0000205. The fraction of sp³-hybridized carbons (Fsp3) is 0.263. The Kier molecular flexibility index (Phi) is 4.91. The second-order valence-electron chi connectivity index (χ2n) is 6.08. The van der Waals surface area contributed by atoms with Gasteiger partial charge < -0.3 is 16.4 Å². The molecule has 1 aliphatic carbocycles. The molecule has 5 nitrogen and oxygen atoms in total. The Hall–Kier alpha value is -2.66. The number of benzene rings is 2. The molecule has 1 aliphatic rings. The monoisotopic (exact) mass is 323 g/mol. The first kappa shape index (κ1) is 16.2. The summed E-state index contributed by atoms with van der Waals surface area (Å²) in [6, 6.07) is 15.9. The van der Waals surface area contributed by atoms with Crippen LogP contribution >= 0.6 is 0 Å². The first-order valence-electron chi connectivity index (χ1n) is 8.14. The SMILES string of the molecule is NC(CNC(=O)c1ccccc1NC(=O)c1ccccc1)C1CC1. The lowest BCUT2D eigenvalue weighted by molar-refractivity contribution is 0.0951. The molecular weight excluding hydrogens is 302 g/mol. The number of nitrogens with two attached hydrogens (primary N) is 1. The van der Waals surface area contributed by atoms with Crippen LogP contribution in [0.2, 0.25) is 0 Å². The zero-order chi connectivity index (χ0) is 16.9. The number of amides is 2. The van der Waals surface area contributed by atoms with E-state index in [1.54, 1.807) is 48.5 Å². The van der Waals surface area contributed by atoms with Crippen LogP contribution in [0.1, 0.15) is 33.6 Å². The van der Waals surface area contributed by atoms with Crippen LogP contribution in [0.5, 0.6) is 0 Å². The predicted octanol–water partition coefficient (Wildman–Crippen LogP) is 2.41. The van der Waals surface area contributed by atoms with Crippen LogP contribution in [-0.4, -0.2) is 24.4 Å². The molecule has 5 heteroatoms. The molecule has 0 spiro atoms. The third-order valence-corrected chi connectivity index (χ3v) is 4.18. The molecule has 2 aromatic rings. The first-order chi connectivity index (χ1) is 11.6. The molecule has 2 aromatic carbocycles. The van der Waals surface area contributed by atoms with E-state index in [0.29, 0.717) is 29.3 Å². The Morgan fingerprint density at radius 3 is 2.38 bits per heavy atom. The smallest absolute Gasteiger partial charge is 0.255 e. The number of nitrogens with one attached hydrogen (secondary N) is 2. The van der Waals surface area contributed by atoms with E-state index in [2.05, 4.69) is 10.6 Å². The molecule has 124 valence electrons. The zero-order valence-corrected chi connectivity index (χ0v) is 13.4. The van der Waals surface area contributed by atoms with Crippen LogP contribution in [0.3, 0.4) is 0 Å². The van der Waals surface area contributed by atoms with E-state index < -0.39 is 0 Å². The molecule has 0 aromatic heterocycles. The Balaban J connectivity index is 1.68. The highest BCUT2D eigenvalue weighted by Crippen LogP contribution is 2.31. The summed E-state index contributed by atoms with van der Waals surface area (Å²) >= 11 is 0. The molecule has 1 atom stereocenters. The molecule has 2 amide bonds. The van der Waals surface area contributed by atoms with Crippen LogP contribution in [-0.2, 0) is 0 Å². The molecule has 24 heavy (non-hydrogen) atoms. The third kappa shape index (κ3) is 4.00. The topological polar surface area (TPSA) is 84.2 Å². The molecule has 1 fully saturated rings. The van der Waals surface area contributed by atoms with Crippen molar-refractivity contribution in [3.8, 4) is 0 Å². The summed E-state index contributed by atoms with van der Waals surface area (Å²) in [5, 5.41) is 5.66. The zero-order valence-electron chi connectivity index (χ0n) is 13.4. The number of hydrogen-bond acceptors (Lipinski definition) is 3. The summed E-state index contributed by atoms with van der Waals surface area (Å²) in [5.41, 5.74) is 7.49. The van der Waals surface area contributed by atoms with Crippen molar-refractivity contribution in [2.24, 2.45) is 11.7 Å². The predicted molar refractivity (Wildman–Crippen MR) is 93.9 cm³/mol. The van der Waals surface area contributed by atoms with Crippen molar-refractivity contribution < 1.29 is 9.59 Å². The van der Waals surface area contributed by atoms with Crippen molar-refractivity contribution in [1.29, 1.82) is 0 Å². The summed E-state index contributed by atoms with van der Waals surface area (Å²) in [5.74, 6) is 0.0546. The fourth-order valence-electron chi connectivity index (χ4n) is 2.57. The number of hydrogen-bond donors (Lipinski definition) is 3. The minimum atomic E-state index is -0.245. The normalized spacial score (nSPS) is 14.7. The van der Waals surface area contributed by atoms with Crippen LogP contribution < -0.4 is 16.4 Å². The third-order valence-electron chi connectivity index (χ3n) is 4.18. The van der Waals surface area contributed by atoms with E-state index in [-0.39, 0.29) is 17.9 Å². The van der Waals surface area contributed by atoms with Crippen molar-refractivity contribution in [1.82, 2.24) is 5.32 Å². The van der Waals surface area contributed by atoms with Crippen LogP contribution in [0.15, 0.2) is 54.6 Å². The van der Waals surface area contributed by atoms with E-state index in [1.807, 2.05) is 6.07 Å². The summed E-state index contributed by atoms with van der Waals surface area (Å²) in [6.07, 6.45) is 2.28. The van der Waals surface area contributed by atoms with Gasteiger partial charge in [-0.05, 0) is 43.0 Å². The number of anilines is 1. The number of para-hydroxylation sites is 1. The Morgan fingerprint density at radius 1 is 1.00 bits per heavy atom. The highest BCUT2D eigenvalue weighted by atomic mass is 16.2. The van der Waals surface area contributed by atoms with Gasteiger partial charge in [-0.3, -0.25) is 9.59 Å². The van der Waals surface area contributed by atoms with Gasteiger partial charge in [0.05, 0.1) is 11.3 Å². The Bertz CT molecular complexity index is 726. The van der Waals surface area contributed by atoms with Crippen LogP contribution in [0, 0.1) is 5.92 Å². The molecule has 0 saturated heterocycles. The quantitative estimate of drug-likeness (QED) is 0.763. The molecule has 1 saturated carbocycles. The van der Waals surface area contributed by atoms with Gasteiger partial charge in [-0.15, -0.1) is 0 Å². The molecule has 4 N–H and O–H groups in total. The fourth-order valence-corrected chi connectivity index (χ4v) is 2.57. The van der Waals surface area contributed by atoms with E-state index in [9.17, 15) is 9.59 Å². The lowest BCUT2D eigenvalue weighted by Gasteiger charge is -2.14. The van der Waals surface area contributed by atoms with E-state index in [4.69, 9.17) is 5.73 Å².